The predicted octanol–water partition coefficient (Wildman–Crippen LogP) is 2.08. The lowest BCUT2D eigenvalue weighted by atomic mass is 10.00. The van der Waals surface area contributed by atoms with E-state index in [0.717, 1.165) is 13.0 Å². The number of ketones is 1. The highest BCUT2D eigenvalue weighted by atomic mass is 16.5. The molecular formula is C16H19NO3. The van der Waals surface area contributed by atoms with Crippen LogP contribution in [0.15, 0.2) is 36.0 Å². The van der Waals surface area contributed by atoms with E-state index < -0.39 is 5.97 Å². The molecule has 4 heteroatoms. The minimum Gasteiger partial charge on any atom is -0.462 e. The maximum absolute atomic E-state index is 11.8. The molecule has 0 spiro atoms. The number of esters is 1. The summed E-state index contributed by atoms with van der Waals surface area (Å²) in [6, 6.07) is 8.23. The first-order chi connectivity index (χ1) is 9.61. The zero-order valence-corrected chi connectivity index (χ0v) is 11.9. The monoisotopic (exact) mass is 273 g/mol. The minimum atomic E-state index is -0.543. The van der Waals surface area contributed by atoms with Crippen molar-refractivity contribution in [3.8, 4) is 0 Å². The van der Waals surface area contributed by atoms with Crippen molar-refractivity contribution in [3.05, 3.63) is 47.2 Å². The van der Waals surface area contributed by atoms with E-state index in [1.54, 1.807) is 13.1 Å². The van der Waals surface area contributed by atoms with Crippen molar-refractivity contribution in [3.63, 3.8) is 0 Å². The van der Waals surface area contributed by atoms with Crippen LogP contribution in [-0.2, 0) is 27.3 Å². The number of nitrogens with zero attached hydrogens (tertiary/aromatic N) is 1. The number of hydrogen-bond acceptors (Lipinski definition) is 4. The largest absolute Gasteiger partial charge is 0.462 e. The second-order valence-corrected chi connectivity index (χ2v) is 4.81. The van der Waals surface area contributed by atoms with Crippen LogP contribution in [0.5, 0.6) is 0 Å². The molecule has 0 saturated carbocycles. The van der Waals surface area contributed by atoms with E-state index in [1.807, 2.05) is 17.0 Å². The molecule has 1 aromatic rings. The van der Waals surface area contributed by atoms with Crippen molar-refractivity contribution in [2.24, 2.45) is 0 Å². The summed E-state index contributed by atoms with van der Waals surface area (Å²) < 4.78 is 4.92. The van der Waals surface area contributed by atoms with Gasteiger partial charge in [-0.2, -0.15) is 0 Å². The van der Waals surface area contributed by atoms with Crippen molar-refractivity contribution < 1.29 is 14.3 Å². The van der Waals surface area contributed by atoms with Crippen LogP contribution in [0.3, 0.4) is 0 Å². The summed E-state index contributed by atoms with van der Waals surface area (Å²) in [6.45, 7) is 4.90. The van der Waals surface area contributed by atoms with Gasteiger partial charge in [0, 0.05) is 19.3 Å². The standard InChI is InChI=1S/C16H19NO3/c1-3-20-16(19)15(12(2)18)11-17-9-8-13-6-4-5-7-14(13)10-17/h4-7,11H,3,8-10H2,1-2H3/b15-11+. The summed E-state index contributed by atoms with van der Waals surface area (Å²) >= 11 is 0. The highest BCUT2D eigenvalue weighted by Gasteiger charge is 2.19. The Labute approximate surface area is 119 Å². The summed E-state index contributed by atoms with van der Waals surface area (Å²) in [5, 5.41) is 0. The van der Waals surface area contributed by atoms with Gasteiger partial charge in [0.05, 0.1) is 6.61 Å². The number of hydrogen-bond donors (Lipinski definition) is 0. The zero-order chi connectivity index (χ0) is 14.5. The molecule has 0 radical (unpaired) electrons. The van der Waals surface area contributed by atoms with Crippen molar-refractivity contribution in [2.45, 2.75) is 26.8 Å². The molecule has 1 heterocycles. The minimum absolute atomic E-state index is 0.117. The molecule has 0 N–H and O–H groups in total. The number of rotatable bonds is 4. The van der Waals surface area contributed by atoms with E-state index in [9.17, 15) is 9.59 Å². The van der Waals surface area contributed by atoms with Gasteiger partial charge in [-0.05, 0) is 31.4 Å². The SMILES string of the molecule is CCOC(=O)/C(=C/N1CCc2ccccc2C1)C(C)=O. The van der Waals surface area contributed by atoms with Gasteiger partial charge in [-0.3, -0.25) is 4.79 Å². The Morgan fingerprint density at radius 2 is 2.00 bits per heavy atom. The Bertz CT molecular complexity index is 548. The lowest BCUT2D eigenvalue weighted by molar-refractivity contribution is -0.139. The fourth-order valence-electron chi connectivity index (χ4n) is 2.31. The smallest absolute Gasteiger partial charge is 0.343 e. The molecule has 2 rings (SSSR count). The van der Waals surface area contributed by atoms with E-state index in [0.29, 0.717) is 6.54 Å². The molecule has 0 unspecified atom stereocenters. The molecule has 0 atom stereocenters. The van der Waals surface area contributed by atoms with E-state index in [1.165, 1.54) is 18.1 Å². The van der Waals surface area contributed by atoms with E-state index in [-0.39, 0.29) is 18.0 Å². The average Bonchev–Trinajstić information content (AvgIpc) is 2.44. The van der Waals surface area contributed by atoms with Crippen LogP contribution in [0.1, 0.15) is 25.0 Å². The Kier molecular flexibility index (Phi) is 4.56. The summed E-state index contributed by atoms with van der Waals surface area (Å²) in [5.41, 5.74) is 2.69. The summed E-state index contributed by atoms with van der Waals surface area (Å²) in [4.78, 5) is 25.3. The first kappa shape index (κ1) is 14.3. The average molecular weight is 273 g/mol. The van der Waals surface area contributed by atoms with Crippen molar-refractivity contribution in [1.82, 2.24) is 4.90 Å². The van der Waals surface area contributed by atoms with Crippen molar-refractivity contribution in [1.29, 1.82) is 0 Å². The highest BCUT2D eigenvalue weighted by Crippen LogP contribution is 2.19. The quantitative estimate of drug-likeness (QED) is 0.365. The van der Waals surface area contributed by atoms with Crippen LogP contribution in [0, 0.1) is 0 Å². The fraction of sp³-hybridized carbons (Fsp3) is 0.375. The van der Waals surface area contributed by atoms with Gasteiger partial charge >= 0.3 is 5.97 Å². The molecule has 0 fully saturated rings. The van der Waals surface area contributed by atoms with Gasteiger partial charge in [0.1, 0.15) is 5.57 Å². The van der Waals surface area contributed by atoms with Crippen LogP contribution in [0.25, 0.3) is 0 Å². The van der Waals surface area contributed by atoms with Crippen molar-refractivity contribution in [2.75, 3.05) is 13.2 Å². The Hall–Kier alpha value is -2.10. The van der Waals surface area contributed by atoms with E-state index in [2.05, 4.69) is 12.1 Å². The molecule has 1 aromatic carbocycles. The molecule has 1 aliphatic heterocycles. The first-order valence-corrected chi connectivity index (χ1v) is 6.82. The molecule has 0 saturated heterocycles. The summed E-state index contributed by atoms with van der Waals surface area (Å²) in [7, 11) is 0. The lowest BCUT2D eigenvalue weighted by Gasteiger charge is -2.28. The Morgan fingerprint density at radius 3 is 2.65 bits per heavy atom. The number of Topliss-reactive ketones (excluding diaryl/α,β-unsaturated/α-hetero) is 1. The fourth-order valence-corrected chi connectivity index (χ4v) is 2.31. The number of fused-ring (bicyclic) bond motifs is 1. The van der Waals surface area contributed by atoms with Gasteiger partial charge in [0.2, 0.25) is 0 Å². The molecule has 0 aliphatic carbocycles. The first-order valence-electron chi connectivity index (χ1n) is 6.82. The second-order valence-electron chi connectivity index (χ2n) is 4.81. The van der Waals surface area contributed by atoms with Crippen molar-refractivity contribution >= 4 is 11.8 Å². The van der Waals surface area contributed by atoms with Crippen LogP contribution in [-0.4, -0.2) is 29.8 Å². The molecule has 20 heavy (non-hydrogen) atoms. The maximum Gasteiger partial charge on any atom is 0.343 e. The highest BCUT2D eigenvalue weighted by molar-refractivity contribution is 6.16. The third-order valence-electron chi connectivity index (χ3n) is 3.35. The summed E-state index contributed by atoms with van der Waals surface area (Å²) in [6.07, 6.45) is 2.55. The number of carbonyl (C=O) groups excluding carboxylic acids is 2. The molecule has 0 amide bonds. The lowest BCUT2D eigenvalue weighted by Crippen LogP contribution is -2.28. The van der Waals surface area contributed by atoms with E-state index in [4.69, 9.17) is 4.74 Å². The molecule has 0 aromatic heterocycles. The Morgan fingerprint density at radius 1 is 1.30 bits per heavy atom. The number of ether oxygens (including phenoxy) is 1. The second kappa shape index (κ2) is 6.37. The van der Waals surface area contributed by atoms with Crippen LogP contribution >= 0.6 is 0 Å². The van der Waals surface area contributed by atoms with Gasteiger partial charge in [-0.15, -0.1) is 0 Å². The van der Waals surface area contributed by atoms with Crippen LogP contribution in [0.4, 0.5) is 0 Å². The number of benzene rings is 1. The molecule has 0 bridgehead atoms. The predicted molar refractivity (Wildman–Crippen MR) is 76.0 cm³/mol. The number of carbonyl (C=O) groups is 2. The zero-order valence-electron chi connectivity index (χ0n) is 11.9. The maximum atomic E-state index is 11.8. The Balaban J connectivity index is 2.17. The molecule has 4 nitrogen and oxygen atoms in total. The van der Waals surface area contributed by atoms with E-state index >= 15 is 0 Å². The normalized spacial score (nSPS) is 14.7. The third kappa shape index (κ3) is 3.26. The molecule has 106 valence electrons. The van der Waals surface area contributed by atoms with Crippen LogP contribution in [0.2, 0.25) is 0 Å². The van der Waals surface area contributed by atoms with Gasteiger partial charge in [-0.1, -0.05) is 24.3 Å². The molecular weight excluding hydrogens is 254 g/mol. The molecule has 1 aliphatic rings. The third-order valence-corrected chi connectivity index (χ3v) is 3.35. The topological polar surface area (TPSA) is 46.6 Å². The van der Waals surface area contributed by atoms with Gasteiger partial charge < -0.3 is 9.64 Å². The van der Waals surface area contributed by atoms with Gasteiger partial charge in [0.15, 0.2) is 5.78 Å². The summed E-state index contributed by atoms with van der Waals surface area (Å²) in [5.74, 6) is -0.804. The van der Waals surface area contributed by atoms with Crippen LogP contribution < -0.4 is 0 Å². The van der Waals surface area contributed by atoms with Gasteiger partial charge in [-0.25, -0.2) is 4.79 Å². The van der Waals surface area contributed by atoms with Gasteiger partial charge in [0.25, 0.3) is 0 Å².